The minimum Gasteiger partial charge on any atom is -0.366 e. The summed E-state index contributed by atoms with van der Waals surface area (Å²) in [5.74, 6) is 5.40. The van der Waals surface area contributed by atoms with Crippen molar-refractivity contribution in [3.8, 4) is 0 Å². The van der Waals surface area contributed by atoms with Crippen LogP contribution < -0.4 is 0 Å². The predicted molar refractivity (Wildman–Crippen MR) is 96.9 cm³/mol. The zero-order valence-electron chi connectivity index (χ0n) is 15.4. The maximum absolute atomic E-state index is 12.0. The summed E-state index contributed by atoms with van der Waals surface area (Å²) in [6.07, 6.45) is 16.7. The SMILES string of the molecule is CC[C@]12CCC3C(C1CC[C@@]21C=CCO1)[C@@H]1C[C@@H]1C1=CC(=O)CC[C@@H]13. The van der Waals surface area contributed by atoms with E-state index in [0.717, 1.165) is 55.0 Å². The van der Waals surface area contributed by atoms with Crippen LogP contribution in [0.25, 0.3) is 0 Å². The Kier molecular flexibility index (Phi) is 2.97. The van der Waals surface area contributed by atoms with Crippen LogP contribution in [-0.4, -0.2) is 18.0 Å². The highest BCUT2D eigenvalue weighted by atomic mass is 16.5. The van der Waals surface area contributed by atoms with Crippen LogP contribution in [0.5, 0.6) is 0 Å². The molecule has 1 spiro atoms. The Morgan fingerprint density at radius 3 is 2.88 bits per heavy atom. The van der Waals surface area contributed by atoms with Gasteiger partial charge in [-0.3, -0.25) is 4.79 Å². The number of allylic oxidation sites excluding steroid dienone is 1. The first-order valence-electron chi connectivity index (χ1n) is 10.7. The van der Waals surface area contributed by atoms with E-state index >= 15 is 0 Å². The van der Waals surface area contributed by atoms with Gasteiger partial charge in [0.2, 0.25) is 0 Å². The van der Waals surface area contributed by atoms with Crippen LogP contribution in [0.15, 0.2) is 23.8 Å². The van der Waals surface area contributed by atoms with E-state index in [1.165, 1.54) is 38.5 Å². The smallest absolute Gasteiger partial charge is 0.155 e. The lowest BCUT2D eigenvalue weighted by Crippen LogP contribution is -2.54. The molecule has 134 valence electrons. The minimum atomic E-state index is 0.0560. The van der Waals surface area contributed by atoms with Crippen LogP contribution in [0.4, 0.5) is 0 Å². The van der Waals surface area contributed by atoms with Gasteiger partial charge in [-0.05, 0) is 86.5 Å². The molecule has 1 aliphatic heterocycles. The lowest BCUT2D eigenvalue weighted by Gasteiger charge is -2.56. The van der Waals surface area contributed by atoms with Gasteiger partial charge in [-0.15, -0.1) is 0 Å². The van der Waals surface area contributed by atoms with Crippen LogP contribution in [0.1, 0.15) is 58.3 Å². The van der Waals surface area contributed by atoms with Crippen molar-refractivity contribution in [1.29, 1.82) is 0 Å². The van der Waals surface area contributed by atoms with E-state index < -0.39 is 0 Å². The van der Waals surface area contributed by atoms with Crippen LogP contribution in [0, 0.1) is 40.9 Å². The zero-order valence-corrected chi connectivity index (χ0v) is 15.4. The topological polar surface area (TPSA) is 26.3 Å². The standard InChI is InChI=1S/C23H30O2/c1-2-22-9-6-16-15-5-4-14(24)12-17(15)18-13-19(18)21(16)20(22)7-10-23(22)8-3-11-25-23/h3,8,12,15-16,18-21H,2,4-7,9-11,13H2,1H3/t15-,16?,18-,19-,20?,21?,22+,23+/m1/s1. The number of carbonyl (C=O) groups is 1. The lowest BCUT2D eigenvalue weighted by atomic mass is 9.49. The molecule has 3 unspecified atom stereocenters. The van der Waals surface area contributed by atoms with Gasteiger partial charge < -0.3 is 4.74 Å². The largest absolute Gasteiger partial charge is 0.366 e. The van der Waals surface area contributed by atoms with Crippen LogP contribution in [0.2, 0.25) is 0 Å². The summed E-state index contributed by atoms with van der Waals surface area (Å²) in [5.41, 5.74) is 2.02. The van der Waals surface area contributed by atoms with Gasteiger partial charge in [0.15, 0.2) is 5.78 Å². The number of rotatable bonds is 1. The van der Waals surface area contributed by atoms with E-state index in [2.05, 4.69) is 25.2 Å². The molecule has 8 atom stereocenters. The quantitative estimate of drug-likeness (QED) is 0.648. The van der Waals surface area contributed by atoms with Gasteiger partial charge in [0.1, 0.15) is 0 Å². The van der Waals surface area contributed by atoms with E-state index in [1.807, 2.05) is 0 Å². The molecular formula is C23H30O2. The lowest BCUT2D eigenvalue weighted by molar-refractivity contribution is -0.127. The molecule has 0 aromatic heterocycles. The van der Waals surface area contributed by atoms with Crippen LogP contribution >= 0.6 is 0 Å². The van der Waals surface area contributed by atoms with Crippen molar-refractivity contribution in [3.05, 3.63) is 23.8 Å². The second-order valence-corrected chi connectivity index (χ2v) is 9.80. The molecule has 0 N–H and O–H groups in total. The summed E-state index contributed by atoms with van der Waals surface area (Å²) >= 11 is 0. The highest BCUT2D eigenvalue weighted by Crippen LogP contribution is 2.73. The molecule has 4 saturated carbocycles. The molecule has 5 aliphatic carbocycles. The molecule has 6 aliphatic rings. The molecule has 2 nitrogen and oxygen atoms in total. The molecule has 2 heteroatoms. The Morgan fingerprint density at radius 2 is 2.08 bits per heavy atom. The average molecular weight is 338 g/mol. The number of hydrogen-bond donors (Lipinski definition) is 0. The van der Waals surface area contributed by atoms with E-state index in [9.17, 15) is 4.79 Å². The summed E-state index contributed by atoms with van der Waals surface area (Å²) in [4.78, 5) is 12.0. The third-order valence-corrected chi connectivity index (χ3v) is 9.45. The average Bonchev–Trinajstić information content (AvgIpc) is 3.18. The number of fused-ring (bicyclic) bond motifs is 9. The molecule has 0 amide bonds. The minimum absolute atomic E-state index is 0.0560. The Labute approximate surface area is 151 Å². The summed E-state index contributed by atoms with van der Waals surface area (Å²) in [6, 6.07) is 0. The van der Waals surface area contributed by atoms with Crippen molar-refractivity contribution in [2.45, 2.75) is 63.9 Å². The van der Waals surface area contributed by atoms with Gasteiger partial charge >= 0.3 is 0 Å². The van der Waals surface area contributed by atoms with E-state index in [-0.39, 0.29) is 5.60 Å². The molecule has 0 radical (unpaired) electrons. The van der Waals surface area contributed by atoms with Gasteiger partial charge in [-0.25, -0.2) is 0 Å². The highest BCUT2D eigenvalue weighted by molar-refractivity contribution is 5.91. The normalized spacial score (nSPS) is 55.4. The highest BCUT2D eigenvalue weighted by Gasteiger charge is 2.69. The number of carbonyl (C=O) groups excluding carboxylic acids is 1. The van der Waals surface area contributed by atoms with Gasteiger partial charge in [0.25, 0.3) is 0 Å². The molecule has 1 heterocycles. The van der Waals surface area contributed by atoms with E-state index in [1.54, 1.807) is 5.57 Å². The second kappa shape index (κ2) is 4.88. The summed E-state index contributed by atoms with van der Waals surface area (Å²) in [5, 5.41) is 0. The predicted octanol–water partition coefficient (Wildman–Crippen LogP) is 4.70. The van der Waals surface area contributed by atoms with Crippen molar-refractivity contribution in [1.82, 2.24) is 0 Å². The summed E-state index contributed by atoms with van der Waals surface area (Å²) in [6.45, 7) is 3.25. The van der Waals surface area contributed by atoms with Gasteiger partial charge in [-0.1, -0.05) is 24.6 Å². The van der Waals surface area contributed by atoms with Gasteiger partial charge in [0.05, 0.1) is 12.2 Å². The number of ketones is 1. The molecular weight excluding hydrogens is 308 g/mol. The fourth-order valence-electron chi connectivity index (χ4n) is 8.55. The second-order valence-electron chi connectivity index (χ2n) is 9.80. The molecule has 0 aromatic carbocycles. The zero-order chi connectivity index (χ0) is 16.8. The Morgan fingerprint density at radius 1 is 1.16 bits per heavy atom. The molecule has 25 heavy (non-hydrogen) atoms. The van der Waals surface area contributed by atoms with Crippen molar-refractivity contribution in [3.63, 3.8) is 0 Å². The fraction of sp³-hybridized carbons (Fsp3) is 0.783. The Balaban J connectivity index is 1.40. The van der Waals surface area contributed by atoms with Crippen LogP contribution in [0.3, 0.4) is 0 Å². The fourth-order valence-corrected chi connectivity index (χ4v) is 8.55. The molecule has 4 fully saturated rings. The third kappa shape index (κ3) is 1.73. The maximum Gasteiger partial charge on any atom is 0.155 e. The van der Waals surface area contributed by atoms with Crippen molar-refractivity contribution >= 4 is 5.78 Å². The molecule has 0 bridgehead atoms. The van der Waals surface area contributed by atoms with Crippen molar-refractivity contribution < 1.29 is 9.53 Å². The van der Waals surface area contributed by atoms with Crippen molar-refractivity contribution in [2.24, 2.45) is 40.9 Å². The monoisotopic (exact) mass is 338 g/mol. The Bertz CT molecular complexity index is 690. The first-order chi connectivity index (χ1) is 12.2. The van der Waals surface area contributed by atoms with Gasteiger partial charge in [0, 0.05) is 11.8 Å². The van der Waals surface area contributed by atoms with Gasteiger partial charge in [-0.2, -0.15) is 0 Å². The molecule has 0 saturated heterocycles. The van der Waals surface area contributed by atoms with Crippen molar-refractivity contribution in [2.75, 3.05) is 6.61 Å². The molecule has 6 rings (SSSR count). The first-order valence-corrected chi connectivity index (χ1v) is 10.7. The molecule has 0 aromatic rings. The van der Waals surface area contributed by atoms with E-state index in [4.69, 9.17) is 4.74 Å². The summed E-state index contributed by atoms with van der Waals surface area (Å²) in [7, 11) is 0. The first kappa shape index (κ1) is 15.2. The third-order valence-electron chi connectivity index (χ3n) is 9.45. The maximum atomic E-state index is 12.0. The Hall–Kier alpha value is -0.890. The summed E-state index contributed by atoms with van der Waals surface area (Å²) < 4.78 is 6.45. The van der Waals surface area contributed by atoms with E-state index in [0.29, 0.717) is 11.2 Å². The van der Waals surface area contributed by atoms with Crippen LogP contribution in [-0.2, 0) is 9.53 Å². The number of hydrogen-bond acceptors (Lipinski definition) is 2. The number of ether oxygens (including phenoxy) is 1.